The second-order valence-corrected chi connectivity index (χ2v) is 8.04. The van der Waals surface area contributed by atoms with Crippen molar-refractivity contribution in [2.75, 3.05) is 25.1 Å². The molecule has 0 fully saturated rings. The molecule has 0 atom stereocenters. The van der Waals surface area contributed by atoms with Gasteiger partial charge in [-0.2, -0.15) is 0 Å². The number of hydrogen-bond donors (Lipinski definition) is 2. The first-order valence-corrected chi connectivity index (χ1v) is 11.8. The number of carbonyl (C=O) groups is 2. The zero-order chi connectivity index (χ0) is 24.1. The van der Waals surface area contributed by atoms with Gasteiger partial charge in [0.2, 0.25) is 5.76 Å². The molecule has 0 aliphatic carbocycles. The number of rotatable bonds is 13. The van der Waals surface area contributed by atoms with Gasteiger partial charge in [0, 0.05) is 19.3 Å². The van der Waals surface area contributed by atoms with E-state index in [2.05, 4.69) is 12.2 Å². The summed E-state index contributed by atoms with van der Waals surface area (Å²) in [7, 11) is 1.77. The summed E-state index contributed by atoms with van der Waals surface area (Å²) in [6.45, 7) is 5.16. The lowest BCUT2D eigenvalue weighted by molar-refractivity contribution is -0.136. The van der Waals surface area contributed by atoms with E-state index in [-0.39, 0.29) is 11.8 Å². The fraction of sp³-hybridized carbons (Fsp3) is 0.407. The number of benzene rings is 2. The molecule has 178 valence electrons. The summed E-state index contributed by atoms with van der Waals surface area (Å²) in [5.74, 6) is -1.15. The van der Waals surface area contributed by atoms with Crippen LogP contribution in [0.5, 0.6) is 0 Å². The summed E-state index contributed by atoms with van der Waals surface area (Å²) in [6.07, 6.45) is 8.06. The number of nitrogens with zero attached hydrogens (tertiary/aromatic N) is 1. The van der Waals surface area contributed by atoms with Gasteiger partial charge < -0.3 is 15.2 Å². The highest BCUT2D eigenvalue weighted by Gasteiger charge is 2.12. The van der Waals surface area contributed by atoms with E-state index in [1.165, 1.54) is 25.3 Å². The molecule has 33 heavy (non-hydrogen) atoms. The van der Waals surface area contributed by atoms with Gasteiger partial charge in [-0.15, -0.1) is 0 Å². The van der Waals surface area contributed by atoms with E-state index in [4.69, 9.17) is 4.74 Å². The minimum atomic E-state index is -1.08. The number of carboxylic acid groups (broad SMARTS) is 1. The average Bonchev–Trinajstić information content (AvgIpc) is 2.83. The highest BCUT2D eigenvalue weighted by Crippen LogP contribution is 2.25. The first-order valence-electron chi connectivity index (χ1n) is 11.8. The van der Waals surface area contributed by atoms with Crippen LogP contribution in [-0.2, 0) is 9.53 Å². The fourth-order valence-electron chi connectivity index (χ4n) is 3.35. The van der Waals surface area contributed by atoms with Crippen molar-refractivity contribution in [1.29, 1.82) is 0 Å². The Balaban J connectivity index is 2.03. The van der Waals surface area contributed by atoms with Crippen LogP contribution < -0.4 is 10.2 Å². The van der Waals surface area contributed by atoms with Crippen molar-refractivity contribution in [3.05, 3.63) is 59.9 Å². The number of amides is 2. The van der Waals surface area contributed by atoms with Crippen LogP contribution in [0.1, 0.15) is 57.9 Å². The maximum atomic E-state index is 12.5. The molecule has 0 aliphatic heterocycles. The van der Waals surface area contributed by atoms with Crippen molar-refractivity contribution in [2.24, 2.45) is 0 Å². The van der Waals surface area contributed by atoms with Crippen LogP contribution in [0.3, 0.4) is 0 Å². The highest BCUT2D eigenvalue weighted by molar-refractivity contribution is 5.92. The average molecular weight is 453 g/mol. The molecule has 0 spiro atoms. The molecule has 0 saturated heterocycles. The number of hydrogen-bond acceptors (Lipinski definition) is 3. The third-order valence-electron chi connectivity index (χ3n) is 5.31. The molecule has 0 unspecified atom stereocenters. The van der Waals surface area contributed by atoms with Gasteiger partial charge in [-0.05, 0) is 47.7 Å². The summed E-state index contributed by atoms with van der Waals surface area (Å²) >= 11 is 0. The standard InChI is InChI=1S/C27H36N2O4/c1-4-6-7-8-9-17-28-27(32)29(3)24-12-10-11-23(20-24)22-15-13-21(14-16-22)19-25(26(30)31)33-18-5-2/h10-16,19-20H,4-9,17-18H2,1-3H3,(H,28,32)(H,30,31). The molecule has 0 saturated carbocycles. The van der Waals surface area contributed by atoms with E-state index in [0.29, 0.717) is 13.2 Å². The molecule has 0 heterocycles. The third-order valence-corrected chi connectivity index (χ3v) is 5.31. The molecule has 6 heteroatoms. The normalized spacial score (nSPS) is 11.2. The number of unbranched alkanes of at least 4 members (excludes halogenated alkanes) is 4. The first kappa shape index (κ1) is 26.0. The zero-order valence-electron chi connectivity index (χ0n) is 20.0. The highest BCUT2D eigenvalue weighted by atomic mass is 16.5. The molecule has 2 amide bonds. The molecule has 0 aromatic heterocycles. The largest absolute Gasteiger partial charge is 0.487 e. The Bertz CT molecular complexity index is 922. The zero-order valence-corrected chi connectivity index (χ0v) is 20.0. The molecule has 0 radical (unpaired) electrons. The van der Waals surface area contributed by atoms with Gasteiger partial charge in [-0.25, -0.2) is 9.59 Å². The summed E-state index contributed by atoms with van der Waals surface area (Å²) in [5, 5.41) is 12.3. The monoisotopic (exact) mass is 452 g/mol. The van der Waals surface area contributed by atoms with Crippen LogP contribution in [0, 0.1) is 0 Å². The Hall–Kier alpha value is -3.28. The lowest BCUT2D eigenvalue weighted by atomic mass is 10.0. The quantitative estimate of drug-likeness (QED) is 0.212. The first-order chi connectivity index (χ1) is 16.0. The fourth-order valence-corrected chi connectivity index (χ4v) is 3.35. The lowest BCUT2D eigenvalue weighted by Crippen LogP contribution is -2.37. The van der Waals surface area contributed by atoms with E-state index < -0.39 is 5.97 Å². The summed E-state index contributed by atoms with van der Waals surface area (Å²) in [5.41, 5.74) is 3.51. The predicted molar refractivity (Wildman–Crippen MR) is 134 cm³/mol. The second-order valence-electron chi connectivity index (χ2n) is 8.04. The number of aliphatic carboxylic acids is 1. The molecule has 2 rings (SSSR count). The van der Waals surface area contributed by atoms with Gasteiger partial charge in [0.1, 0.15) is 0 Å². The number of anilines is 1. The molecule has 2 aromatic rings. The second kappa shape index (κ2) is 14.0. The van der Waals surface area contributed by atoms with Gasteiger partial charge in [0.25, 0.3) is 0 Å². The molecular weight excluding hydrogens is 416 g/mol. The van der Waals surface area contributed by atoms with E-state index in [0.717, 1.165) is 41.6 Å². The minimum Gasteiger partial charge on any atom is -0.487 e. The van der Waals surface area contributed by atoms with E-state index >= 15 is 0 Å². The summed E-state index contributed by atoms with van der Waals surface area (Å²) < 4.78 is 5.31. The smallest absolute Gasteiger partial charge is 0.371 e. The topological polar surface area (TPSA) is 78.9 Å². The predicted octanol–water partition coefficient (Wildman–Crippen LogP) is 6.32. The summed E-state index contributed by atoms with van der Waals surface area (Å²) in [6, 6.07) is 15.3. The summed E-state index contributed by atoms with van der Waals surface area (Å²) in [4.78, 5) is 25.5. The van der Waals surface area contributed by atoms with Crippen molar-refractivity contribution in [3.63, 3.8) is 0 Å². The van der Waals surface area contributed by atoms with Gasteiger partial charge in [-0.3, -0.25) is 4.90 Å². The van der Waals surface area contributed by atoms with Crippen molar-refractivity contribution >= 4 is 23.8 Å². The third kappa shape index (κ3) is 8.64. The minimum absolute atomic E-state index is 0.0652. The number of urea groups is 1. The Morgan fingerprint density at radius 2 is 1.70 bits per heavy atom. The Morgan fingerprint density at radius 3 is 2.36 bits per heavy atom. The van der Waals surface area contributed by atoms with Crippen LogP contribution in [0.15, 0.2) is 54.3 Å². The molecule has 6 nitrogen and oxygen atoms in total. The molecule has 0 bridgehead atoms. The lowest BCUT2D eigenvalue weighted by Gasteiger charge is -2.19. The molecule has 2 N–H and O–H groups in total. The van der Waals surface area contributed by atoms with E-state index in [1.807, 2.05) is 55.5 Å². The van der Waals surface area contributed by atoms with Crippen LogP contribution in [0.25, 0.3) is 17.2 Å². The van der Waals surface area contributed by atoms with Crippen LogP contribution >= 0.6 is 0 Å². The molecule has 0 aliphatic rings. The van der Waals surface area contributed by atoms with Gasteiger partial charge in [0.15, 0.2) is 0 Å². The van der Waals surface area contributed by atoms with E-state index in [1.54, 1.807) is 11.9 Å². The van der Waals surface area contributed by atoms with Crippen LogP contribution in [-0.4, -0.2) is 37.3 Å². The van der Waals surface area contributed by atoms with Crippen LogP contribution in [0.4, 0.5) is 10.5 Å². The van der Waals surface area contributed by atoms with Crippen molar-refractivity contribution in [1.82, 2.24) is 5.32 Å². The SMILES string of the molecule is CCCCCCCNC(=O)N(C)c1cccc(-c2ccc(C=C(OCCC)C(=O)O)cc2)c1. The van der Waals surface area contributed by atoms with Crippen LogP contribution in [0.2, 0.25) is 0 Å². The molecule has 2 aromatic carbocycles. The maximum Gasteiger partial charge on any atom is 0.371 e. The Kier molecular flexibility index (Phi) is 11.0. The van der Waals surface area contributed by atoms with Gasteiger partial charge >= 0.3 is 12.0 Å². The van der Waals surface area contributed by atoms with Crippen molar-refractivity contribution in [3.8, 4) is 11.1 Å². The Labute approximate surface area is 197 Å². The van der Waals surface area contributed by atoms with Crippen molar-refractivity contribution in [2.45, 2.75) is 52.4 Å². The number of nitrogens with one attached hydrogen (secondary N) is 1. The van der Waals surface area contributed by atoms with Gasteiger partial charge in [0.05, 0.1) is 6.61 Å². The number of carbonyl (C=O) groups excluding carboxylic acids is 1. The van der Waals surface area contributed by atoms with Crippen molar-refractivity contribution < 1.29 is 19.4 Å². The van der Waals surface area contributed by atoms with E-state index in [9.17, 15) is 14.7 Å². The number of carboxylic acids is 1. The Morgan fingerprint density at radius 1 is 0.970 bits per heavy atom. The maximum absolute atomic E-state index is 12.5. The van der Waals surface area contributed by atoms with Gasteiger partial charge in [-0.1, -0.05) is 75.9 Å². The number of ether oxygens (including phenoxy) is 1. The molecular formula is C27H36N2O4.